The molecule has 1 atom stereocenters. The minimum Gasteiger partial charge on any atom is -0.422 e. The molecule has 0 bridgehead atoms. The van der Waals surface area contributed by atoms with Gasteiger partial charge in [0, 0.05) is 11.9 Å². The van der Waals surface area contributed by atoms with Crippen molar-refractivity contribution in [3.05, 3.63) is 81.7 Å². The number of amides is 1. The summed E-state index contributed by atoms with van der Waals surface area (Å²) < 4.78 is 43.8. The van der Waals surface area contributed by atoms with E-state index in [1.54, 1.807) is 29.2 Å². The van der Waals surface area contributed by atoms with Crippen molar-refractivity contribution in [3.8, 4) is 0 Å². The molecule has 1 aliphatic rings. The zero-order chi connectivity index (χ0) is 20.6. The Morgan fingerprint density at radius 3 is 2.48 bits per heavy atom. The van der Waals surface area contributed by atoms with Crippen molar-refractivity contribution in [3.63, 3.8) is 0 Å². The summed E-state index contributed by atoms with van der Waals surface area (Å²) in [7, 11) is 0. The fourth-order valence-corrected chi connectivity index (χ4v) is 3.78. The van der Waals surface area contributed by atoms with Crippen molar-refractivity contribution >= 4 is 16.9 Å². The third-order valence-corrected chi connectivity index (χ3v) is 5.26. The lowest BCUT2D eigenvalue weighted by Crippen LogP contribution is -2.40. The molecule has 0 aliphatic carbocycles. The van der Waals surface area contributed by atoms with Crippen molar-refractivity contribution in [1.29, 1.82) is 0 Å². The van der Waals surface area contributed by atoms with Crippen LogP contribution in [-0.4, -0.2) is 17.4 Å². The third kappa shape index (κ3) is 3.77. The first kappa shape index (κ1) is 19.2. The maximum absolute atomic E-state index is 13.2. The van der Waals surface area contributed by atoms with E-state index in [2.05, 4.69) is 0 Å². The molecule has 0 spiro atoms. The average molecular weight is 401 g/mol. The van der Waals surface area contributed by atoms with Crippen LogP contribution in [0.1, 0.15) is 46.8 Å². The van der Waals surface area contributed by atoms with Gasteiger partial charge in [-0.3, -0.25) is 4.79 Å². The van der Waals surface area contributed by atoms with Gasteiger partial charge in [0.15, 0.2) is 0 Å². The molecule has 4 nitrogen and oxygen atoms in total. The summed E-state index contributed by atoms with van der Waals surface area (Å²) in [6.45, 7) is 0.427. The summed E-state index contributed by atoms with van der Waals surface area (Å²) in [6, 6.07) is 12.9. The molecule has 3 aromatic rings. The fourth-order valence-electron chi connectivity index (χ4n) is 3.78. The van der Waals surface area contributed by atoms with Crippen molar-refractivity contribution in [2.45, 2.75) is 31.5 Å². The topological polar surface area (TPSA) is 50.5 Å². The molecule has 1 amide bonds. The van der Waals surface area contributed by atoms with E-state index in [1.165, 1.54) is 18.2 Å². The molecule has 1 fully saturated rings. The number of hydrogen-bond acceptors (Lipinski definition) is 3. The number of rotatable bonds is 2. The predicted molar refractivity (Wildman–Crippen MR) is 102 cm³/mol. The largest absolute Gasteiger partial charge is 0.422 e. The van der Waals surface area contributed by atoms with Crippen LogP contribution in [0.3, 0.4) is 0 Å². The zero-order valence-corrected chi connectivity index (χ0v) is 15.4. The second-order valence-corrected chi connectivity index (χ2v) is 7.12. The molecular formula is C22H18F3NO3. The van der Waals surface area contributed by atoms with Crippen molar-refractivity contribution in [2.24, 2.45) is 0 Å². The van der Waals surface area contributed by atoms with Gasteiger partial charge in [-0.2, -0.15) is 13.2 Å². The van der Waals surface area contributed by atoms with Crippen molar-refractivity contribution in [2.75, 3.05) is 6.54 Å². The van der Waals surface area contributed by atoms with Crippen LogP contribution in [0, 0.1) is 0 Å². The fraction of sp³-hybridized carbons (Fsp3) is 0.273. The van der Waals surface area contributed by atoms with Crippen LogP contribution in [0.4, 0.5) is 13.2 Å². The van der Waals surface area contributed by atoms with Crippen LogP contribution >= 0.6 is 0 Å². The first-order valence-corrected chi connectivity index (χ1v) is 9.35. The lowest BCUT2D eigenvalue weighted by molar-refractivity contribution is -0.137. The van der Waals surface area contributed by atoms with Gasteiger partial charge in [-0.25, -0.2) is 4.79 Å². The molecule has 7 heteroatoms. The highest BCUT2D eigenvalue weighted by Crippen LogP contribution is 2.35. The summed E-state index contributed by atoms with van der Waals surface area (Å²) >= 11 is 0. The molecule has 1 aromatic heterocycles. The molecule has 1 aliphatic heterocycles. The highest BCUT2D eigenvalue weighted by molar-refractivity contribution is 5.97. The quantitative estimate of drug-likeness (QED) is 0.556. The third-order valence-electron chi connectivity index (χ3n) is 5.26. The van der Waals surface area contributed by atoms with Gasteiger partial charge in [0.1, 0.15) is 11.1 Å². The van der Waals surface area contributed by atoms with Gasteiger partial charge in [0.25, 0.3) is 5.91 Å². The summed E-state index contributed by atoms with van der Waals surface area (Å²) in [6.07, 6.45) is -2.18. The molecule has 4 rings (SSSR count). The maximum atomic E-state index is 13.2. The molecule has 0 saturated carbocycles. The number of carbonyl (C=O) groups excluding carboxylic acids is 1. The smallest absolute Gasteiger partial charge is 0.416 e. The highest BCUT2D eigenvalue weighted by Gasteiger charge is 2.33. The van der Waals surface area contributed by atoms with E-state index in [4.69, 9.17) is 4.42 Å². The number of carbonyl (C=O) groups is 1. The Kier molecular flexibility index (Phi) is 4.90. The van der Waals surface area contributed by atoms with Crippen LogP contribution < -0.4 is 5.63 Å². The Bertz CT molecular complexity index is 1100. The van der Waals surface area contributed by atoms with E-state index in [0.717, 1.165) is 25.0 Å². The van der Waals surface area contributed by atoms with Crippen molar-refractivity contribution in [1.82, 2.24) is 4.90 Å². The highest BCUT2D eigenvalue weighted by atomic mass is 19.4. The van der Waals surface area contributed by atoms with Crippen LogP contribution in [0.5, 0.6) is 0 Å². The Hall–Kier alpha value is -3.09. The summed E-state index contributed by atoms with van der Waals surface area (Å²) in [5.74, 6) is -0.464. The summed E-state index contributed by atoms with van der Waals surface area (Å²) in [5, 5.41) is 0.638. The van der Waals surface area contributed by atoms with Gasteiger partial charge in [0.2, 0.25) is 0 Å². The molecule has 2 heterocycles. The van der Waals surface area contributed by atoms with Gasteiger partial charge in [-0.05, 0) is 49.1 Å². The van der Waals surface area contributed by atoms with Gasteiger partial charge >= 0.3 is 11.8 Å². The van der Waals surface area contributed by atoms with E-state index in [-0.39, 0.29) is 11.6 Å². The molecule has 2 aromatic carbocycles. The Morgan fingerprint density at radius 2 is 1.76 bits per heavy atom. The molecule has 1 saturated heterocycles. The number of benzene rings is 2. The Balaban J connectivity index is 1.68. The van der Waals surface area contributed by atoms with Crippen LogP contribution in [-0.2, 0) is 6.18 Å². The number of likely N-dealkylation sites (tertiary alicyclic amines) is 1. The molecular weight excluding hydrogens is 383 g/mol. The predicted octanol–water partition coefficient (Wildman–Crippen LogP) is 5.18. The number of nitrogens with zero attached hydrogens (tertiary/aromatic N) is 1. The molecule has 0 radical (unpaired) electrons. The molecule has 29 heavy (non-hydrogen) atoms. The van der Waals surface area contributed by atoms with E-state index in [0.29, 0.717) is 29.5 Å². The number of fused-ring (bicyclic) bond motifs is 1. The summed E-state index contributed by atoms with van der Waals surface area (Å²) in [4.78, 5) is 27.1. The van der Waals surface area contributed by atoms with Gasteiger partial charge in [-0.1, -0.05) is 30.3 Å². The van der Waals surface area contributed by atoms with Gasteiger partial charge in [-0.15, -0.1) is 0 Å². The number of piperidine rings is 1. The Morgan fingerprint density at radius 1 is 1.03 bits per heavy atom. The maximum Gasteiger partial charge on any atom is 0.416 e. The molecule has 0 unspecified atom stereocenters. The monoisotopic (exact) mass is 401 g/mol. The van der Waals surface area contributed by atoms with E-state index in [9.17, 15) is 22.8 Å². The van der Waals surface area contributed by atoms with Gasteiger partial charge in [0.05, 0.1) is 11.6 Å². The lowest BCUT2D eigenvalue weighted by Gasteiger charge is -2.36. The first-order valence-electron chi connectivity index (χ1n) is 9.35. The van der Waals surface area contributed by atoms with Crippen molar-refractivity contribution < 1.29 is 22.4 Å². The normalized spacial score (nSPS) is 17.5. The van der Waals surface area contributed by atoms with E-state index < -0.39 is 23.3 Å². The first-order chi connectivity index (χ1) is 13.8. The number of halogens is 3. The average Bonchev–Trinajstić information content (AvgIpc) is 2.72. The standard InChI is InChI=1S/C22H18F3NO3/c23-22(24,25)16-10-8-14(9-11-16)18-6-3-4-12-26(18)20(27)17-13-15-5-1-2-7-19(15)29-21(17)28/h1-2,5,7-11,13,18H,3-4,6,12H2/t18-/m1/s1. The Labute approximate surface area is 164 Å². The van der Waals surface area contributed by atoms with E-state index >= 15 is 0 Å². The second kappa shape index (κ2) is 7.39. The lowest BCUT2D eigenvalue weighted by atomic mass is 9.93. The minimum absolute atomic E-state index is 0.0671. The number of hydrogen-bond donors (Lipinski definition) is 0. The summed E-state index contributed by atoms with van der Waals surface area (Å²) in [5.41, 5.74) is -0.499. The van der Waals surface area contributed by atoms with Crippen LogP contribution in [0.15, 0.2) is 63.8 Å². The SMILES string of the molecule is O=C(c1cc2ccccc2oc1=O)N1CCCC[C@@H]1c1ccc(C(F)(F)F)cc1. The molecule has 0 N–H and O–H groups in total. The zero-order valence-electron chi connectivity index (χ0n) is 15.4. The van der Waals surface area contributed by atoms with Gasteiger partial charge < -0.3 is 9.32 Å². The number of alkyl halides is 3. The number of para-hydroxylation sites is 1. The minimum atomic E-state index is -4.41. The van der Waals surface area contributed by atoms with Crippen LogP contribution in [0.2, 0.25) is 0 Å². The molecule has 150 valence electrons. The second-order valence-electron chi connectivity index (χ2n) is 7.12. The van der Waals surface area contributed by atoms with E-state index in [1.807, 2.05) is 0 Å². The van der Waals surface area contributed by atoms with Crippen LogP contribution in [0.25, 0.3) is 11.0 Å².